The molecule has 1 unspecified atom stereocenters. The van der Waals surface area contributed by atoms with E-state index in [4.69, 9.17) is 5.73 Å². The number of carbonyl (C=O) groups excluding carboxylic acids is 1. The van der Waals surface area contributed by atoms with E-state index >= 15 is 0 Å². The lowest BCUT2D eigenvalue weighted by atomic mass is 10.1. The van der Waals surface area contributed by atoms with E-state index in [1.54, 1.807) is 25.1 Å². The minimum atomic E-state index is -0.174. The molecule has 0 amide bonds. The van der Waals surface area contributed by atoms with Crippen LogP contribution in [0.1, 0.15) is 17.3 Å². The lowest BCUT2D eigenvalue weighted by Crippen LogP contribution is -2.10. The summed E-state index contributed by atoms with van der Waals surface area (Å²) in [7, 11) is 0. The molecule has 0 heterocycles. The number of carbonyl (C=O) groups is 1. The van der Waals surface area contributed by atoms with Crippen LogP contribution in [0.4, 0.5) is 5.69 Å². The van der Waals surface area contributed by atoms with Crippen LogP contribution in [0.25, 0.3) is 0 Å². The Kier molecular flexibility index (Phi) is 3.50. The standard InChI is InChI=1S/C9H9Br2NO/c1-5(10)9(13)7-3-2-6(12)4-8(7)11/h2-5H,12H2,1H3. The summed E-state index contributed by atoms with van der Waals surface area (Å²) in [5.41, 5.74) is 6.85. The second-order valence-corrected chi connectivity index (χ2v) is 4.95. The Morgan fingerprint density at radius 2 is 2.15 bits per heavy atom. The molecule has 0 aliphatic carbocycles. The number of Topliss-reactive ketones (excluding diaryl/α,β-unsaturated/α-hetero) is 1. The van der Waals surface area contributed by atoms with Crippen LogP contribution in [-0.2, 0) is 0 Å². The van der Waals surface area contributed by atoms with Crippen molar-refractivity contribution in [2.24, 2.45) is 0 Å². The molecule has 1 aromatic rings. The van der Waals surface area contributed by atoms with Crippen LogP contribution in [0, 0.1) is 0 Å². The van der Waals surface area contributed by atoms with Crippen LogP contribution in [0.15, 0.2) is 22.7 Å². The first-order chi connectivity index (χ1) is 6.02. The first-order valence-electron chi connectivity index (χ1n) is 3.75. The molecule has 0 bridgehead atoms. The van der Waals surface area contributed by atoms with Crippen molar-refractivity contribution in [2.45, 2.75) is 11.8 Å². The number of nitrogen functional groups attached to an aromatic ring is 1. The number of hydrogen-bond donors (Lipinski definition) is 1. The quantitative estimate of drug-likeness (QED) is 0.518. The van der Waals surface area contributed by atoms with Gasteiger partial charge in [0.2, 0.25) is 0 Å². The van der Waals surface area contributed by atoms with Gasteiger partial charge in [-0.3, -0.25) is 4.79 Å². The molecule has 2 N–H and O–H groups in total. The maximum Gasteiger partial charge on any atom is 0.177 e. The molecule has 0 aromatic heterocycles. The van der Waals surface area contributed by atoms with E-state index in [-0.39, 0.29) is 10.6 Å². The van der Waals surface area contributed by atoms with Gasteiger partial charge in [0, 0.05) is 15.7 Å². The van der Waals surface area contributed by atoms with Crippen molar-refractivity contribution < 1.29 is 4.79 Å². The number of hydrogen-bond acceptors (Lipinski definition) is 2. The fourth-order valence-corrected chi connectivity index (χ4v) is 1.78. The summed E-state index contributed by atoms with van der Waals surface area (Å²) in [6.45, 7) is 1.80. The van der Waals surface area contributed by atoms with Crippen LogP contribution in [0.3, 0.4) is 0 Å². The van der Waals surface area contributed by atoms with Crippen LogP contribution in [-0.4, -0.2) is 10.6 Å². The highest BCUT2D eigenvalue weighted by Crippen LogP contribution is 2.22. The third-order valence-corrected chi connectivity index (χ3v) is 2.69. The van der Waals surface area contributed by atoms with Crippen molar-refractivity contribution in [3.8, 4) is 0 Å². The minimum Gasteiger partial charge on any atom is -0.399 e. The van der Waals surface area contributed by atoms with E-state index in [9.17, 15) is 4.79 Å². The van der Waals surface area contributed by atoms with Crippen LogP contribution < -0.4 is 5.73 Å². The second-order valence-electron chi connectivity index (χ2n) is 2.72. The zero-order valence-electron chi connectivity index (χ0n) is 7.05. The highest BCUT2D eigenvalue weighted by atomic mass is 79.9. The van der Waals surface area contributed by atoms with Crippen molar-refractivity contribution in [3.63, 3.8) is 0 Å². The molecule has 0 saturated heterocycles. The number of anilines is 1. The van der Waals surface area contributed by atoms with Gasteiger partial charge in [0.25, 0.3) is 0 Å². The van der Waals surface area contributed by atoms with Crippen molar-refractivity contribution in [2.75, 3.05) is 5.73 Å². The summed E-state index contributed by atoms with van der Waals surface area (Å²) in [5.74, 6) is 0.0480. The van der Waals surface area contributed by atoms with Gasteiger partial charge in [-0.25, -0.2) is 0 Å². The van der Waals surface area contributed by atoms with E-state index < -0.39 is 0 Å². The maximum atomic E-state index is 11.6. The molecule has 1 rings (SSSR count). The van der Waals surface area contributed by atoms with Crippen molar-refractivity contribution >= 4 is 43.3 Å². The molecule has 1 aromatic carbocycles. The summed E-state index contributed by atoms with van der Waals surface area (Å²) in [6, 6.07) is 5.16. The largest absolute Gasteiger partial charge is 0.399 e. The highest BCUT2D eigenvalue weighted by molar-refractivity contribution is 9.10. The third kappa shape index (κ3) is 2.54. The predicted molar refractivity (Wildman–Crippen MR) is 61.3 cm³/mol. The van der Waals surface area contributed by atoms with Crippen molar-refractivity contribution in [3.05, 3.63) is 28.2 Å². The van der Waals surface area contributed by atoms with Gasteiger partial charge >= 0.3 is 0 Å². The van der Waals surface area contributed by atoms with Crippen LogP contribution in [0.2, 0.25) is 0 Å². The zero-order chi connectivity index (χ0) is 10.0. The molecule has 0 saturated carbocycles. The molecular formula is C9H9Br2NO. The van der Waals surface area contributed by atoms with E-state index in [1.165, 1.54) is 0 Å². The third-order valence-electron chi connectivity index (χ3n) is 1.62. The Balaban J connectivity index is 3.09. The monoisotopic (exact) mass is 305 g/mol. The molecular weight excluding hydrogens is 298 g/mol. The zero-order valence-corrected chi connectivity index (χ0v) is 10.2. The van der Waals surface area contributed by atoms with E-state index in [0.717, 1.165) is 4.47 Å². The van der Waals surface area contributed by atoms with Gasteiger partial charge in [-0.2, -0.15) is 0 Å². The Morgan fingerprint density at radius 3 is 2.62 bits per heavy atom. The SMILES string of the molecule is CC(Br)C(=O)c1ccc(N)cc1Br. The Bertz CT molecular complexity index is 336. The average Bonchev–Trinajstić information content (AvgIpc) is 2.03. The average molecular weight is 307 g/mol. The van der Waals surface area contributed by atoms with E-state index in [2.05, 4.69) is 31.9 Å². The molecule has 0 spiro atoms. The molecule has 0 fully saturated rings. The number of nitrogens with two attached hydrogens (primary N) is 1. The van der Waals surface area contributed by atoms with Gasteiger partial charge in [-0.05, 0) is 41.1 Å². The maximum absolute atomic E-state index is 11.6. The fourth-order valence-electron chi connectivity index (χ4n) is 0.945. The first kappa shape index (κ1) is 10.7. The Hall–Kier alpha value is -0.350. The summed E-state index contributed by atoms with van der Waals surface area (Å²) in [4.78, 5) is 11.4. The molecule has 1 atom stereocenters. The van der Waals surface area contributed by atoms with E-state index in [0.29, 0.717) is 11.3 Å². The van der Waals surface area contributed by atoms with Gasteiger partial charge in [0.15, 0.2) is 5.78 Å². The summed E-state index contributed by atoms with van der Waals surface area (Å²) < 4.78 is 0.740. The number of rotatable bonds is 2. The van der Waals surface area contributed by atoms with Crippen LogP contribution >= 0.6 is 31.9 Å². The van der Waals surface area contributed by atoms with Gasteiger partial charge in [-0.1, -0.05) is 15.9 Å². The normalized spacial score (nSPS) is 12.5. The minimum absolute atomic E-state index is 0.0480. The molecule has 0 aliphatic heterocycles. The molecule has 0 radical (unpaired) electrons. The Morgan fingerprint density at radius 1 is 1.54 bits per heavy atom. The topological polar surface area (TPSA) is 43.1 Å². The highest BCUT2D eigenvalue weighted by Gasteiger charge is 2.14. The second kappa shape index (κ2) is 4.24. The lowest BCUT2D eigenvalue weighted by molar-refractivity contribution is 0.0995. The summed E-state index contributed by atoms with van der Waals surface area (Å²) in [6.07, 6.45) is 0. The number of benzene rings is 1. The lowest BCUT2D eigenvalue weighted by Gasteiger charge is -2.05. The molecule has 4 heteroatoms. The smallest absolute Gasteiger partial charge is 0.177 e. The van der Waals surface area contributed by atoms with E-state index in [1.807, 2.05) is 0 Å². The Labute approximate surface area is 93.8 Å². The van der Waals surface area contributed by atoms with Crippen LogP contribution in [0.5, 0.6) is 0 Å². The van der Waals surface area contributed by atoms with Crippen molar-refractivity contribution in [1.29, 1.82) is 0 Å². The molecule has 13 heavy (non-hydrogen) atoms. The number of ketones is 1. The van der Waals surface area contributed by atoms with Gasteiger partial charge in [0.05, 0.1) is 4.83 Å². The molecule has 0 aliphatic rings. The predicted octanol–water partition coefficient (Wildman–Crippen LogP) is 3.00. The summed E-state index contributed by atoms with van der Waals surface area (Å²) >= 11 is 6.52. The van der Waals surface area contributed by atoms with Gasteiger partial charge in [0.1, 0.15) is 0 Å². The summed E-state index contributed by atoms with van der Waals surface area (Å²) in [5, 5.41) is 0. The van der Waals surface area contributed by atoms with Gasteiger partial charge < -0.3 is 5.73 Å². The van der Waals surface area contributed by atoms with Gasteiger partial charge in [-0.15, -0.1) is 0 Å². The fraction of sp³-hybridized carbons (Fsp3) is 0.222. The first-order valence-corrected chi connectivity index (χ1v) is 5.46. The number of alkyl halides is 1. The van der Waals surface area contributed by atoms with Crippen molar-refractivity contribution in [1.82, 2.24) is 0 Å². The number of halogens is 2. The molecule has 70 valence electrons. The molecule has 2 nitrogen and oxygen atoms in total.